The van der Waals surface area contributed by atoms with Crippen molar-refractivity contribution in [2.75, 3.05) is 9.80 Å². The zero-order valence-electron chi connectivity index (χ0n) is 37.1. The number of para-hydroxylation sites is 1. The molecule has 0 N–H and O–H groups in total. The fraction of sp³-hybridized carbons (Fsp3) is 0.0625. The molecule has 0 aromatic heterocycles. The highest BCUT2D eigenvalue weighted by Gasteiger charge is 2.38. The van der Waals surface area contributed by atoms with Crippen LogP contribution in [-0.4, -0.2) is 0 Å². The Morgan fingerprint density at radius 1 is 0.409 bits per heavy atom. The molecular formula is C64H48N2. The molecule has 0 amide bonds. The van der Waals surface area contributed by atoms with Crippen molar-refractivity contribution in [1.82, 2.24) is 0 Å². The summed E-state index contributed by atoms with van der Waals surface area (Å²) in [5, 5.41) is 0. The first-order valence-corrected chi connectivity index (χ1v) is 23.0. The molecule has 2 nitrogen and oxygen atoms in total. The first-order valence-electron chi connectivity index (χ1n) is 23.0. The molecule has 66 heavy (non-hydrogen) atoms. The van der Waals surface area contributed by atoms with Crippen molar-refractivity contribution >= 4 is 28.4 Å². The van der Waals surface area contributed by atoms with E-state index >= 15 is 0 Å². The summed E-state index contributed by atoms with van der Waals surface area (Å²) in [5.41, 5.74) is 23.3. The summed E-state index contributed by atoms with van der Waals surface area (Å²) in [7, 11) is 0. The Labute approximate surface area is 388 Å². The highest BCUT2D eigenvalue weighted by molar-refractivity contribution is 5.94. The van der Waals surface area contributed by atoms with Crippen LogP contribution in [0.3, 0.4) is 0 Å². The van der Waals surface area contributed by atoms with E-state index in [-0.39, 0.29) is 11.3 Å². The predicted octanol–water partition coefficient (Wildman–Crippen LogP) is 17.4. The second kappa shape index (κ2) is 16.1. The molecule has 0 saturated carbocycles. The van der Waals surface area contributed by atoms with Gasteiger partial charge >= 0.3 is 0 Å². The Kier molecular flexibility index (Phi) is 9.61. The Morgan fingerprint density at radius 2 is 0.955 bits per heavy atom. The van der Waals surface area contributed by atoms with Gasteiger partial charge in [0.25, 0.3) is 0 Å². The molecular weight excluding hydrogens is 797 g/mol. The van der Waals surface area contributed by atoms with E-state index in [4.69, 9.17) is 0 Å². The first-order chi connectivity index (χ1) is 32.5. The Hall–Kier alpha value is -8.20. The number of hydrogen-bond donors (Lipinski definition) is 0. The summed E-state index contributed by atoms with van der Waals surface area (Å²) in [4.78, 5) is 4.83. The lowest BCUT2D eigenvalue weighted by Crippen LogP contribution is -2.16. The molecule has 2 aliphatic carbocycles. The number of hydrogen-bond acceptors (Lipinski definition) is 2. The summed E-state index contributed by atoms with van der Waals surface area (Å²) in [6.45, 7) is 4.76. The van der Waals surface area contributed by atoms with Gasteiger partial charge in [-0.3, -0.25) is 0 Å². The molecule has 12 rings (SSSR count). The van der Waals surface area contributed by atoms with Crippen LogP contribution >= 0.6 is 0 Å². The van der Waals surface area contributed by atoms with Gasteiger partial charge in [0, 0.05) is 39.8 Å². The SMILES string of the molecule is CC1(C)c2cc(N(c3ccc(-c4ccccc4)cc3)c3ccc(-c4ccc5c(c4)C4C=CC=CC=C4N5c4ccccc4)cc3)ccc2-c2c(-c3ccc(-c4ccccc4)cc3)cccc21. The Balaban J connectivity index is 0.927. The highest BCUT2D eigenvalue weighted by atomic mass is 15.2. The Morgan fingerprint density at radius 3 is 1.61 bits per heavy atom. The maximum Gasteiger partial charge on any atom is 0.0501 e. The summed E-state index contributed by atoms with van der Waals surface area (Å²) < 4.78 is 0. The van der Waals surface area contributed by atoms with Crippen LogP contribution in [0.15, 0.2) is 254 Å². The number of nitrogens with zero attached hydrogens (tertiary/aromatic N) is 2. The van der Waals surface area contributed by atoms with E-state index in [0.29, 0.717) is 0 Å². The second-order valence-corrected chi connectivity index (χ2v) is 18.1. The molecule has 9 aromatic carbocycles. The van der Waals surface area contributed by atoms with E-state index in [1.807, 2.05) is 0 Å². The van der Waals surface area contributed by atoms with Gasteiger partial charge in [0.1, 0.15) is 0 Å². The largest absolute Gasteiger partial charge is 0.313 e. The molecule has 0 radical (unpaired) electrons. The number of anilines is 5. The standard InChI is InChI=1S/C64H48N2/c1-64(2)59-24-15-23-55(49-28-26-46(27-29-49)44-16-7-3-8-17-44)63(59)57-40-39-54(43-60(57)64)65(52-35-30-47(31-36-52)45-18-9-4-10-19-45)53-37-32-48(33-38-53)50-34-41-62-58(42-50)56-22-13-6-14-25-61(56)66(62)51-20-11-5-12-21-51/h3-43,56H,1-2H3. The zero-order chi connectivity index (χ0) is 44.2. The van der Waals surface area contributed by atoms with Crippen LogP contribution < -0.4 is 9.80 Å². The van der Waals surface area contributed by atoms with Crippen LogP contribution in [0.4, 0.5) is 28.4 Å². The molecule has 314 valence electrons. The minimum Gasteiger partial charge on any atom is -0.313 e. The second-order valence-electron chi connectivity index (χ2n) is 18.1. The van der Waals surface area contributed by atoms with Crippen molar-refractivity contribution in [3.05, 3.63) is 271 Å². The maximum absolute atomic E-state index is 2.44. The van der Waals surface area contributed by atoms with Gasteiger partial charge in [-0.25, -0.2) is 0 Å². The molecule has 0 fully saturated rings. The maximum atomic E-state index is 2.44. The number of benzene rings is 9. The van der Waals surface area contributed by atoms with Crippen LogP contribution in [0.25, 0.3) is 55.6 Å². The molecule has 0 spiro atoms. The van der Waals surface area contributed by atoms with Gasteiger partial charge in [-0.15, -0.1) is 0 Å². The van der Waals surface area contributed by atoms with Crippen LogP contribution in [-0.2, 0) is 5.41 Å². The van der Waals surface area contributed by atoms with Crippen LogP contribution in [0, 0.1) is 0 Å². The summed E-state index contributed by atoms with van der Waals surface area (Å²) in [5.74, 6) is 0.176. The Bertz CT molecular complexity index is 3340. The molecule has 3 aliphatic rings. The average Bonchev–Trinajstić information content (AvgIpc) is 3.66. The van der Waals surface area contributed by atoms with Gasteiger partial charge in [-0.05, 0) is 139 Å². The average molecular weight is 845 g/mol. The molecule has 0 bridgehead atoms. The van der Waals surface area contributed by atoms with Gasteiger partial charge in [0.05, 0.1) is 5.69 Å². The van der Waals surface area contributed by atoms with E-state index < -0.39 is 0 Å². The third-order valence-corrected chi connectivity index (χ3v) is 13.9. The molecule has 1 atom stereocenters. The first kappa shape index (κ1) is 39.4. The van der Waals surface area contributed by atoms with Gasteiger partial charge < -0.3 is 9.80 Å². The molecule has 0 saturated heterocycles. The monoisotopic (exact) mass is 844 g/mol. The van der Waals surface area contributed by atoms with Crippen LogP contribution in [0.2, 0.25) is 0 Å². The van der Waals surface area contributed by atoms with E-state index in [9.17, 15) is 0 Å². The van der Waals surface area contributed by atoms with Crippen molar-refractivity contribution in [2.24, 2.45) is 0 Å². The van der Waals surface area contributed by atoms with E-state index in [2.05, 4.69) is 272 Å². The van der Waals surface area contributed by atoms with Gasteiger partial charge in [-0.2, -0.15) is 0 Å². The number of fused-ring (bicyclic) bond motifs is 6. The molecule has 1 aliphatic heterocycles. The fourth-order valence-corrected chi connectivity index (χ4v) is 10.6. The minimum absolute atomic E-state index is 0.176. The summed E-state index contributed by atoms with van der Waals surface area (Å²) >= 11 is 0. The predicted molar refractivity (Wildman–Crippen MR) is 278 cm³/mol. The normalized spacial score (nSPS) is 15.0. The third kappa shape index (κ3) is 6.73. The van der Waals surface area contributed by atoms with Crippen molar-refractivity contribution in [3.8, 4) is 55.6 Å². The topological polar surface area (TPSA) is 6.48 Å². The smallest absolute Gasteiger partial charge is 0.0501 e. The highest BCUT2D eigenvalue weighted by Crippen LogP contribution is 2.54. The zero-order valence-corrected chi connectivity index (χ0v) is 37.1. The lowest BCUT2D eigenvalue weighted by Gasteiger charge is -2.28. The van der Waals surface area contributed by atoms with Crippen molar-refractivity contribution in [2.45, 2.75) is 25.2 Å². The van der Waals surface area contributed by atoms with Crippen molar-refractivity contribution in [1.29, 1.82) is 0 Å². The van der Waals surface area contributed by atoms with E-state index in [1.54, 1.807) is 0 Å². The van der Waals surface area contributed by atoms with Crippen molar-refractivity contribution in [3.63, 3.8) is 0 Å². The van der Waals surface area contributed by atoms with Gasteiger partial charge in [0.15, 0.2) is 0 Å². The molecule has 9 aromatic rings. The number of rotatable bonds is 8. The number of allylic oxidation sites excluding steroid dienone is 5. The van der Waals surface area contributed by atoms with E-state index in [0.717, 1.165) is 17.1 Å². The van der Waals surface area contributed by atoms with E-state index in [1.165, 1.54) is 89.4 Å². The fourth-order valence-electron chi connectivity index (χ4n) is 10.6. The molecule has 2 heteroatoms. The summed E-state index contributed by atoms with van der Waals surface area (Å²) in [6, 6.07) is 80.2. The van der Waals surface area contributed by atoms with Crippen LogP contribution in [0.5, 0.6) is 0 Å². The lowest BCUT2D eigenvalue weighted by molar-refractivity contribution is 0.660. The minimum atomic E-state index is -0.200. The third-order valence-electron chi connectivity index (χ3n) is 13.9. The molecule has 1 heterocycles. The van der Waals surface area contributed by atoms with Crippen LogP contribution in [0.1, 0.15) is 36.5 Å². The van der Waals surface area contributed by atoms with Gasteiger partial charge in [0.2, 0.25) is 0 Å². The lowest BCUT2D eigenvalue weighted by atomic mass is 9.81. The summed E-state index contributed by atoms with van der Waals surface area (Å²) in [6.07, 6.45) is 11.0. The quantitative estimate of drug-likeness (QED) is 0.150. The van der Waals surface area contributed by atoms with Crippen molar-refractivity contribution < 1.29 is 0 Å². The molecule has 1 unspecified atom stereocenters. The van der Waals surface area contributed by atoms with Gasteiger partial charge in [-0.1, -0.05) is 196 Å².